The lowest BCUT2D eigenvalue weighted by atomic mass is 10.2. The zero-order chi connectivity index (χ0) is 19.9. The molecule has 0 spiro atoms. The van der Waals surface area contributed by atoms with Crippen LogP contribution in [0.5, 0.6) is 0 Å². The molecule has 3 aromatic rings. The maximum atomic E-state index is 12.7. The predicted molar refractivity (Wildman–Crippen MR) is 108 cm³/mol. The molecule has 0 aliphatic heterocycles. The fourth-order valence-electron chi connectivity index (χ4n) is 2.19. The number of hydrogen-bond donors (Lipinski definition) is 2. The number of aromatic nitrogens is 2. The fourth-order valence-corrected chi connectivity index (χ4v) is 4.13. The van der Waals surface area contributed by atoms with Crippen LogP contribution in [0.3, 0.4) is 0 Å². The Morgan fingerprint density at radius 2 is 1.67 bits per heavy atom. The SMILES string of the molecule is CCOCC.Nc1cc(-c2nc(N)ns2)cc(S(=O)(=O)c2ccccc2)c1. The highest BCUT2D eigenvalue weighted by atomic mass is 32.2. The lowest BCUT2D eigenvalue weighted by Crippen LogP contribution is -2.03. The first-order valence-corrected chi connectivity index (χ1v) is 10.5. The van der Waals surface area contributed by atoms with Crippen LogP contribution < -0.4 is 11.5 Å². The van der Waals surface area contributed by atoms with Gasteiger partial charge >= 0.3 is 0 Å². The minimum Gasteiger partial charge on any atom is -0.399 e. The quantitative estimate of drug-likeness (QED) is 0.624. The van der Waals surface area contributed by atoms with E-state index in [2.05, 4.69) is 9.36 Å². The van der Waals surface area contributed by atoms with E-state index in [1.165, 1.54) is 12.1 Å². The third kappa shape index (κ3) is 5.49. The van der Waals surface area contributed by atoms with E-state index in [-0.39, 0.29) is 15.7 Å². The Morgan fingerprint density at radius 3 is 2.19 bits per heavy atom. The zero-order valence-corrected chi connectivity index (χ0v) is 16.8. The van der Waals surface area contributed by atoms with Crippen molar-refractivity contribution in [3.63, 3.8) is 0 Å². The maximum absolute atomic E-state index is 12.7. The van der Waals surface area contributed by atoms with Gasteiger partial charge in [0.2, 0.25) is 15.8 Å². The van der Waals surface area contributed by atoms with E-state index >= 15 is 0 Å². The van der Waals surface area contributed by atoms with Gasteiger partial charge in [-0.3, -0.25) is 0 Å². The number of benzene rings is 2. The van der Waals surface area contributed by atoms with Crippen LogP contribution in [-0.4, -0.2) is 31.0 Å². The van der Waals surface area contributed by atoms with Crippen LogP contribution in [0, 0.1) is 0 Å². The van der Waals surface area contributed by atoms with Gasteiger partial charge in [0, 0.05) is 24.5 Å². The molecular weight excluding hydrogens is 384 g/mol. The van der Waals surface area contributed by atoms with Gasteiger partial charge in [0.1, 0.15) is 5.01 Å². The van der Waals surface area contributed by atoms with Gasteiger partial charge in [-0.2, -0.15) is 9.36 Å². The number of sulfone groups is 1. The lowest BCUT2D eigenvalue weighted by molar-refractivity contribution is 0.162. The van der Waals surface area contributed by atoms with E-state index in [0.29, 0.717) is 16.3 Å². The summed E-state index contributed by atoms with van der Waals surface area (Å²) in [5.41, 5.74) is 12.3. The van der Waals surface area contributed by atoms with E-state index in [1.807, 2.05) is 13.8 Å². The van der Waals surface area contributed by atoms with Gasteiger partial charge in [0.05, 0.1) is 9.79 Å². The van der Waals surface area contributed by atoms with Crippen LogP contribution in [0.1, 0.15) is 13.8 Å². The second-order valence-corrected chi connectivity index (χ2v) is 8.05. The summed E-state index contributed by atoms with van der Waals surface area (Å²) in [6.45, 7) is 5.67. The third-order valence-corrected chi connectivity index (χ3v) is 5.92. The van der Waals surface area contributed by atoms with Crippen molar-refractivity contribution in [1.82, 2.24) is 9.36 Å². The van der Waals surface area contributed by atoms with Crippen LogP contribution in [0.15, 0.2) is 58.3 Å². The van der Waals surface area contributed by atoms with Crippen LogP contribution in [0.2, 0.25) is 0 Å². The Morgan fingerprint density at radius 1 is 1.00 bits per heavy atom. The molecule has 0 aliphatic carbocycles. The minimum absolute atomic E-state index is 0.113. The summed E-state index contributed by atoms with van der Waals surface area (Å²) in [6, 6.07) is 12.8. The molecule has 0 bridgehead atoms. The summed E-state index contributed by atoms with van der Waals surface area (Å²) in [5, 5.41) is 0.523. The summed E-state index contributed by atoms with van der Waals surface area (Å²) in [4.78, 5) is 4.38. The molecule has 0 saturated carbocycles. The molecule has 1 heterocycles. The van der Waals surface area contributed by atoms with Crippen molar-refractivity contribution in [2.24, 2.45) is 0 Å². The standard InChI is InChI=1S/C14H12N4O2S2.C4H10O/c15-10-6-9(13-17-14(16)18-21-13)7-12(8-10)22(19,20)11-4-2-1-3-5-11;1-3-5-4-2/h1-8H,15H2,(H2,16,18);3-4H2,1-2H3. The number of rotatable bonds is 5. The first-order valence-electron chi connectivity index (χ1n) is 8.26. The van der Waals surface area contributed by atoms with Gasteiger partial charge in [-0.15, -0.1) is 0 Å². The highest BCUT2D eigenvalue weighted by Crippen LogP contribution is 2.30. The first-order chi connectivity index (χ1) is 12.9. The Kier molecular flexibility index (Phi) is 7.28. The molecule has 9 heteroatoms. The molecule has 27 heavy (non-hydrogen) atoms. The maximum Gasteiger partial charge on any atom is 0.232 e. The summed E-state index contributed by atoms with van der Waals surface area (Å²) in [7, 11) is -3.64. The molecule has 0 saturated heterocycles. The molecule has 0 atom stereocenters. The summed E-state index contributed by atoms with van der Waals surface area (Å²) < 4.78 is 34.0. The van der Waals surface area contributed by atoms with Crippen LogP contribution in [0.25, 0.3) is 10.6 Å². The van der Waals surface area contributed by atoms with Gasteiger partial charge in [-0.05, 0) is 55.7 Å². The van der Waals surface area contributed by atoms with Crippen molar-refractivity contribution in [2.75, 3.05) is 24.7 Å². The normalized spacial score (nSPS) is 10.9. The number of ether oxygens (including phenoxy) is 1. The first kappa shape index (κ1) is 20.8. The molecule has 3 rings (SSSR count). The van der Waals surface area contributed by atoms with Crippen molar-refractivity contribution in [3.8, 4) is 10.6 Å². The van der Waals surface area contributed by atoms with Gasteiger partial charge in [0.25, 0.3) is 0 Å². The average Bonchev–Trinajstić information content (AvgIpc) is 3.10. The molecule has 2 aromatic carbocycles. The molecule has 7 nitrogen and oxygen atoms in total. The minimum atomic E-state index is -3.64. The van der Waals surface area contributed by atoms with E-state index in [9.17, 15) is 8.42 Å². The van der Waals surface area contributed by atoms with E-state index in [4.69, 9.17) is 16.2 Å². The summed E-state index contributed by atoms with van der Waals surface area (Å²) >= 11 is 1.09. The van der Waals surface area contributed by atoms with Gasteiger partial charge in [-0.1, -0.05) is 18.2 Å². The highest BCUT2D eigenvalue weighted by Gasteiger charge is 2.19. The van der Waals surface area contributed by atoms with Crippen LogP contribution >= 0.6 is 11.5 Å². The topological polar surface area (TPSA) is 121 Å². The number of nitrogens with two attached hydrogens (primary N) is 2. The smallest absolute Gasteiger partial charge is 0.232 e. The molecule has 0 radical (unpaired) electrons. The van der Waals surface area contributed by atoms with Crippen molar-refractivity contribution < 1.29 is 13.2 Å². The second kappa shape index (κ2) is 9.45. The Balaban J connectivity index is 0.000000465. The molecule has 1 aromatic heterocycles. The summed E-state index contributed by atoms with van der Waals surface area (Å²) in [5.74, 6) is 0.148. The largest absolute Gasteiger partial charge is 0.399 e. The molecular formula is C18H22N4O3S2. The lowest BCUT2D eigenvalue weighted by Gasteiger charge is -2.07. The van der Waals surface area contributed by atoms with E-state index in [1.54, 1.807) is 36.4 Å². The van der Waals surface area contributed by atoms with Crippen molar-refractivity contribution in [1.29, 1.82) is 0 Å². The summed E-state index contributed by atoms with van der Waals surface area (Å²) in [6.07, 6.45) is 0. The second-order valence-electron chi connectivity index (χ2n) is 5.35. The average molecular weight is 407 g/mol. The van der Waals surface area contributed by atoms with E-state index < -0.39 is 9.84 Å². The zero-order valence-electron chi connectivity index (χ0n) is 15.1. The van der Waals surface area contributed by atoms with Crippen molar-refractivity contribution in [3.05, 3.63) is 48.5 Å². The third-order valence-electron chi connectivity index (χ3n) is 3.39. The van der Waals surface area contributed by atoms with Crippen LogP contribution in [-0.2, 0) is 14.6 Å². The molecule has 0 fully saturated rings. The number of anilines is 2. The Bertz CT molecular complexity index is 971. The van der Waals surface area contributed by atoms with Crippen molar-refractivity contribution in [2.45, 2.75) is 23.6 Å². The fraction of sp³-hybridized carbons (Fsp3) is 0.222. The Hall–Kier alpha value is -2.49. The van der Waals surface area contributed by atoms with Gasteiger partial charge in [-0.25, -0.2) is 8.42 Å². The predicted octanol–water partition coefficient (Wildman–Crippen LogP) is 3.25. The van der Waals surface area contributed by atoms with Crippen LogP contribution in [0.4, 0.5) is 11.6 Å². The molecule has 0 unspecified atom stereocenters. The van der Waals surface area contributed by atoms with Gasteiger partial charge in [0.15, 0.2) is 0 Å². The monoisotopic (exact) mass is 406 g/mol. The van der Waals surface area contributed by atoms with E-state index in [0.717, 1.165) is 24.7 Å². The number of nitrogen functional groups attached to an aromatic ring is 2. The Labute approximate surface area is 163 Å². The molecule has 0 aliphatic rings. The molecule has 0 amide bonds. The molecule has 144 valence electrons. The molecule has 4 N–H and O–H groups in total. The number of hydrogen-bond acceptors (Lipinski definition) is 8. The highest BCUT2D eigenvalue weighted by molar-refractivity contribution is 7.91. The van der Waals surface area contributed by atoms with Gasteiger partial charge < -0.3 is 16.2 Å². The number of nitrogens with zero attached hydrogens (tertiary/aromatic N) is 2. The van der Waals surface area contributed by atoms with Crippen molar-refractivity contribution >= 4 is 33.0 Å².